The predicted molar refractivity (Wildman–Crippen MR) is 69.2 cm³/mol. The van der Waals surface area contributed by atoms with Crippen LogP contribution in [-0.2, 0) is 0 Å². The van der Waals surface area contributed by atoms with Crippen molar-refractivity contribution in [3.8, 4) is 11.1 Å². The van der Waals surface area contributed by atoms with E-state index in [1.807, 2.05) is 12.1 Å². The molecule has 2 heteroatoms. The standard InChI is InChI=1S/C15H15NO/c1-10-5-4-6-15(11(10)2)14-7-13(12(3)17)8-16-9-14/h4-9H,1-3H3. The number of ketones is 1. The van der Waals surface area contributed by atoms with Gasteiger partial charge in [0.05, 0.1) is 0 Å². The van der Waals surface area contributed by atoms with E-state index in [-0.39, 0.29) is 5.78 Å². The largest absolute Gasteiger partial charge is 0.294 e. The molecule has 0 spiro atoms. The topological polar surface area (TPSA) is 30.0 Å². The number of aryl methyl sites for hydroxylation is 1. The van der Waals surface area contributed by atoms with Gasteiger partial charge in [-0.2, -0.15) is 0 Å². The van der Waals surface area contributed by atoms with Gasteiger partial charge in [-0.25, -0.2) is 0 Å². The number of aromatic nitrogens is 1. The molecule has 2 rings (SSSR count). The molecule has 1 heterocycles. The third kappa shape index (κ3) is 2.26. The van der Waals surface area contributed by atoms with Gasteiger partial charge in [-0.15, -0.1) is 0 Å². The third-order valence-electron chi connectivity index (χ3n) is 3.06. The van der Waals surface area contributed by atoms with Crippen molar-refractivity contribution in [2.24, 2.45) is 0 Å². The Morgan fingerprint density at radius 2 is 1.94 bits per heavy atom. The number of benzene rings is 1. The normalized spacial score (nSPS) is 10.3. The van der Waals surface area contributed by atoms with Crippen LogP contribution < -0.4 is 0 Å². The third-order valence-corrected chi connectivity index (χ3v) is 3.06. The Kier molecular flexibility index (Phi) is 3.05. The first-order chi connectivity index (χ1) is 8.09. The Hall–Kier alpha value is -1.96. The van der Waals surface area contributed by atoms with Crippen molar-refractivity contribution in [1.82, 2.24) is 4.98 Å². The molecule has 0 saturated carbocycles. The maximum atomic E-state index is 11.3. The Morgan fingerprint density at radius 1 is 1.18 bits per heavy atom. The summed E-state index contributed by atoms with van der Waals surface area (Å²) in [4.78, 5) is 15.5. The summed E-state index contributed by atoms with van der Waals surface area (Å²) in [6.07, 6.45) is 3.41. The van der Waals surface area contributed by atoms with Gasteiger partial charge in [-0.3, -0.25) is 9.78 Å². The van der Waals surface area contributed by atoms with Crippen LogP contribution in [0.2, 0.25) is 0 Å². The van der Waals surface area contributed by atoms with Gasteiger partial charge in [0.1, 0.15) is 0 Å². The summed E-state index contributed by atoms with van der Waals surface area (Å²) in [6, 6.07) is 8.07. The van der Waals surface area contributed by atoms with E-state index in [4.69, 9.17) is 0 Å². The fraction of sp³-hybridized carbons (Fsp3) is 0.200. The average molecular weight is 225 g/mol. The van der Waals surface area contributed by atoms with Gasteiger partial charge < -0.3 is 0 Å². The zero-order chi connectivity index (χ0) is 12.4. The Morgan fingerprint density at radius 3 is 2.65 bits per heavy atom. The molecule has 0 aliphatic rings. The SMILES string of the molecule is CC(=O)c1cncc(-c2cccc(C)c2C)c1. The van der Waals surface area contributed by atoms with E-state index in [0.717, 1.165) is 11.1 Å². The number of hydrogen-bond donors (Lipinski definition) is 0. The van der Waals surface area contributed by atoms with Gasteiger partial charge >= 0.3 is 0 Å². The molecule has 0 fully saturated rings. The first kappa shape index (κ1) is 11.5. The molecule has 0 atom stereocenters. The van der Waals surface area contributed by atoms with Crippen molar-refractivity contribution in [1.29, 1.82) is 0 Å². The Labute approximate surface area is 101 Å². The van der Waals surface area contributed by atoms with Crippen LogP contribution in [0.3, 0.4) is 0 Å². The van der Waals surface area contributed by atoms with Crippen molar-refractivity contribution in [2.45, 2.75) is 20.8 Å². The molecule has 1 aromatic carbocycles. The summed E-state index contributed by atoms with van der Waals surface area (Å²) < 4.78 is 0. The second-order valence-electron chi connectivity index (χ2n) is 4.27. The second kappa shape index (κ2) is 4.50. The Balaban J connectivity index is 2.57. The maximum Gasteiger partial charge on any atom is 0.161 e. The number of carbonyl (C=O) groups is 1. The first-order valence-electron chi connectivity index (χ1n) is 5.62. The Bertz CT molecular complexity index is 573. The monoisotopic (exact) mass is 225 g/mol. The summed E-state index contributed by atoms with van der Waals surface area (Å²) >= 11 is 0. The summed E-state index contributed by atoms with van der Waals surface area (Å²) in [5.74, 6) is 0.0460. The lowest BCUT2D eigenvalue weighted by atomic mass is 9.97. The predicted octanol–water partition coefficient (Wildman–Crippen LogP) is 3.57. The van der Waals surface area contributed by atoms with Gasteiger partial charge in [0.2, 0.25) is 0 Å². The molecule has 0 N–H and O–H groups in total. The summed E-state index contributed by atoms with van der Waals surface area (Å²) in [6.45, 7) is 5.73. The van der Waals surface area contributed by atoms with Gasteiger partial charge in [0.15, 0.2) is 5.78 Å². The van der Waals surface area contributed by atoms with Gasteiger partial charge in [-0.1, -0.05) is 18.2 Å². The van der Waals surface area contributed by atoms with Crippen molar-refractivity contribution >= 4 is 5.78 Å². The van der Waals surface area contributed by atoms with Crippen LogP contribution in [0.5, 0.6) is 0 Å². The van der Waals surface area contributed by atoms with E-state index in [0.29, 0.717) is 5.56 Å². The minimum absolute atomic E-state index is 0.0460. The molecular formula is C15H15NO. The quantitative estimate of drug-likeness (QED) is 0.731. The van der Waals surface area contributed by atoms with Crippen molar-refractivity contribution in [3.63, 3.8) is 0 Å². The van der Waals surface area contributed by atoms with E-state index < -0.39 is 0 Å². The lowest BCUT2D eigenvalue weighted by molar-refractivity contribution is 0.101. The molecule has 0 radical (unpaired) electrons. The van der Waals surface area contributed by atoms with Crippen LogP contribution in [-0.4, -0.2) is 10.8 Å². The number of nitrogens with zero attached hydrogens (tertiary/aromatic N) is 1. The molecule has 0 bridgehead atoms. The van der Waals surface area contributed by atoms with Crippen molar-refractivity contribution in [2.75, 3.05) is 0 Å². The molecular weight excluding hydrogens is 210 g/mol. The molecule has 17 heavy (non-hydrogen) atoms. The lowest BCUT2D eigenvalue weighted by Gasteiger charge is -2.09. The van der Waals surface area contributed by atoms with Gasteiger partial charge in [-0.05, 0) is 43.5 Å². The van der Waals surface area contributed by atoms with Gasteiger partial charge in [0.25, 0.3) is 0 Å². The summed E-state index contributed by atoms with van der Waals surface area (Å²) in [5, 5.41) is 0. The molecule has 1 aromatic heterocycles. The van der Waals surface area contributed by atoms with E-state index in [1.54, 1.807) is 19.3 Å². The molecule has 0 unspecified atom stereocenters. The fourth-order valence-corrected chi connectivity index (χ4v) is 1.84. The smallest absolute Gasteiger partial charge is 0.161 e. The van der Waals surface area contributed by atoms with Crippen LogP contribution in [0, 0.1) is 13.8 Å². The first-order valence-corrected chi connectivity index (χ1v) is 5.62. The van der Waals surface area contributed by atoms with Crippen LogP contribution in [0.4, 0.5) is 0 Å². The molecule has 0 aliphatic heterocycles. The molecule has 2 nitrogen and oxygen atoms in total. The van der Waals surface area contributed by atoms with Crippen LogP contribution >= 0.6 is 0 Å². The average Bonchev–Trinajstić information content (AvgIpc) is 2.33. The minimum atomic E-state index is 0.0460. The molecule has 2 aromatic rings. The molecule has 0 saturated heterocycles. The molecule has 0 aliphatic carbocycles. The highest BCUT2D eigenvalue weighted by atomic mass is 16.1. The number of rotatable bonds is 2. The lowest BCUT2D eigenvalue weighted by Crippen LogP contribution is -1.95. The molecule has 0 amide bonds. The van der Waals surface area contributed by atoms with Crippen molar-refractivity contribution < 1.29 is 4.79 Å². The van der Waals surface area contributed by atoms with E-state index in [2.05, 4.69) is 31.0 Å². The van der Waals surface area contributed by atoms with E-state index in [1.165, 1.54) is 11.1 Å². The van der Waals surface area contributed by atoms with Crippen LogP contribution in [0.25, 0.3) is 11.1 Å². The van der Waals surface area contributed by atoms with Gasteiger partial charge in [0, 0.05) is 23.5 Å². The number of pyridine rings is 1. The highest BCUT2D eigenvalue weighted by Crippen LogP contribution is 2.25. The maximum absolute atomic E-state index is 11.3. The zero-order valence-electron chi connectivity index (χ0n) is 10.3. The summed E-state index contributed by atoms with van der Waals surface area (Å²) in [7, 11) is 0. The number of carbonyl (C=O) groups excluding carboxylic acids is 1. The second-order valence-corrected chi connectivity index (χ2v) is 4.27. The molecule has 86 valence electrons. The van der Waals surface area contributed by atoms with E-state index in [9.17, 15) is 4.79 Å². The van der Waals surface area contributed by atoms with Crippen molar-refractivity contribution in [3.05, 3.63) is 53.3 Å². The number of hydrogen-bond acceptors (Lipinski definition) is 2. The highest BCUT2D eigenvalue weighted by molar-refractivity contribution is 5.95. The minimum Gasteiger partial charge on any atom is -0.294 e. The summed E-state index contributed by atoms with van der Waals surface area (Å²) in [5.41, 5.74) is 5.27. The zero-order valence-corrected chi connectivity index (χ0v) is 10.3. The number of Topliss-reactive ketones (excluding diaryl/α,β-unsaturated/α-hetero) is 1. The van der Waals surface area contributed by atoms with E-state index >= 15 is 0 Å². The fourth-order valence-electron chi connectivity index (χ4n) is 1.84. The van der Waals surface area contributed by atoms with Crippen LogP contribution in [0.1, 0.15) is 28.4 Å². The van der Waals surface area contributed by atoms with Crippen LogP contribution in [0.15, 0.2) is 36.7 Å². The highest BCUT2D eigenvalue weighted by Gasteiger charge is 2.06.